The maximum atomic E-state index is 14.2. The lowest BCUT2D eigenvalue weighted by Crippen LogP contribution is -2.42. The van der Waals surface area contributed by atoms with Crippen LogP contribution in [0.1, 0.15) is 93.7 Å². The van der Waals surface area contributed by atoms with Gasteiger partial charge in [0.15, 0.2) is 0 Å². The molecule has 3 aromatic rings. The number of esters is 1. The van der Waals surface area contributed by atoms with E-state index in [4.69, 9.17) is 4.74 Å². The zero-order chi connectivity index (χ0) is 28.0. The van der Waals surface area contributed by atoms with Gasteiger partial charge in [0.25, 0.3) is 0 Å². The fourth-order valence-corrected chi connectivity index (χ4v) is 6.79. The zero-order valence-electron chi connectivity index (χ0n) is 23.7. The molecule has 1 fully saturated rings. The summed E-state index contributed by atoms with van der Waals surface area (Å²) in [4.78, 5) is 41.0. The molecule has 0 N–H and O–H groups in total. The van der Waals surface area contributed by atoms with Crippen LogP contribution in [-0.4, -0.2) is 17.8 Å². The number of carbonyl (C=O) groups excluding carboxylic acids is 3. The number of benzene rings is 3. The molecule has 1 heterocycles. The first-order valence-electron chi connectivity index (χ1n) is 13.7. The third-order valence-corrected chi connectivity index (χ3v) is 8.72. The average Bonchev–Trinajstić information content (AvgIpc) is 3.13. The third kappa shape index (κ3) is 3.85. The van der Waals surface area contributed by atoms with Crippen LogP contribution in [0.15, 0.2) is 60.7 Å². The molecule has 1 saturated heterocycles. The molecular formula is C34H35NO4. The van der Waals surface area contributed by atoms with Gasteiger partial charge < -0.3 is 4.74 Å². The van der Waals surface area contributed by atoms with E-state index in [0.29, 0.717) is 11.4 Å². The van der Waals surface area contributed by atoms with Crippen molar-refractivity contribution in [2.45, 2.75) is 71.1 Å². The molecule has 200 valence electrons. The molecule has 2 bridgehead atoms. The van der Waals surface area contributed by atoms with Gasteiger partial charge in [-0.05, 0) is 68.5 Å². The summed E-state index contributed by atoms with van der Waals surface area (Å²) < 4.78 is 5.16. The summed E-state index contributed by atoms with van der Waals surface area (Å²) in [5.41, 5.74) is 7.59. The van der Waals surface area contributed by atoms with Crippen LogP contribution in [0.4, 0.5) is 5.69 Å². The van der Waals surface area contributed by atoms with E-state index in [-0.39, 0.29) is 34.5 Å². The summed E-state index contributed by atoms with van der Waals surface area (Å²) in [5, 5.41) is 0. The van der Waals surface area contributed by atoms with E-state index >= 15 is 0 Å². The number of nitrogens with zero attached hydrogens (tertiary/aromatic N) is 1. The van der Waals surface area contributed by atoms with Gasteiger partial charge in [-0.1, -0.05) is 77.9 Å². The Morgan fingerprint density at radius 2 is 1.10 bits per heavy atom. The van der Waals surface area contributed by atoms with Crippen LogP contribution >= 0.6 is 0 Å². The van der Waals surface area contributed by atoms with Gasteiger partial charge >= 0.3 is 5.97 Å². The van der Waals surface area contributed by atoms with Crippen molar-refractivity contribution in [2.24, 2.45) is 11.8 Å². The van der Waals surface area contributed by atoms with Crippen LogP contribution in [0.3, 0.4) is 0 Å². The fraction of sp³-hybridized carbons (Fsp3) is 0.382. The lowest BCUT2D eigenvalue weighted by atomic mass is 9.54. The normalized spacial score (nSPS) is 23.4. The summed E-state index contributed by atoms with van der Waals surface area (Å²) in [7, 11) is 0. The highest BCUT2D eigenvalue weighted by atomic mass is 16.5. The number of amides is 2. The summed E-state index contributed by atoms with van der Waals surface area (Å²) in [6.45, 7) is 14.6. The van der Waals surface area contributed by atoms with E-state index in [1.807, 2.05) is 0 Å². The number of carbonyl (C=O) groups is 3. The summed E-state index contributed by atoms with van der Waals surface area (Å²) >= 11 is 0. The first kappa shape index (κ1) is 25.5. The molecule has 3 aromatic carbocycles. The Morgan fingerprint density at radius 1 is 0.667 bits per heavy atom. The molecule has 39 heavy (non-hydrogen) atoms. The maximum Gasteiger partial charge on any atom is 0.308 e. The maximum absolute atomic E-state index is 14.2. The van der Waals surface area contributed by atoms with Crippen molar-refractivity contribution >= 4 is 23.5 Å². The summed E-state index contributed by atoms with van der Waals surface area (Å²) in [6.07, 6.45) is 0. The predicted molar refractivity (Wildman–Crippen MR) is 151 cm³/mol. The van der Waals surface area contributed by atoms with E-state index < -0.39 is 17.8 Å². The Bertz CT molecular complexity index is 1450. The van der Waals surface area contributed by atoms with Crippen molar-refractivity contribution < 1.29 is 19.1 Å². The number of anilines is 1. The van der Waals surface area contributed by atoms with Crippen molar-refractivity contribution in [1.82, 2.24) is 0 Å². The number of hydrogen-bond donors (Lipinski definition) is 0. The molecule has 2 amide bonds. The smallest absolute Gasteiger partial charge is 0.308 e. The Labute approximate surface area is 230 Å². The van der Waals surface area contributed by atoms with Crippen LogP contribution in [0.25, 0.3) is 0 Å². The van der Waals surface area contributed by atoms with Crippen LogP contribution in [0.2, 0.25) is 0 Å². The fourth-order valence-electron chi connectivity index (χ4n) is 6.79. The minimum atomic E-state index is -0.452. The zero-order valence-corrected chi connectivity index (χ0v) is 23.7. The largest absolute Gasteiger partial charge is 0.427 e. The van der Waals surface area contributed by atoms with Crippen LogP contribution in [0.5, 0.6) is 5.75 Å². The molecule has 7 rings (SSSR count). The monoisotopic (exact) mass is 521 g/mol. The van der Waals surface area contributed by atoms with Crippen LogP contribution in [-0.2, 0) is 25.2 Å². The lowest BCUT2D eigenvalue weighted by molar-refractivity contribution is -0.132. The van der Waals surface area contributed by atoms with Crippen molar-refractivity contribution in [1.29, 1.82) is 0 Å². The predicted octanol–water partition coefficient (Wildman–Crippen LogP) is 6.60. The Balaban J connectivity index is 1.51. The van der Waals surface area contributed by atoms with Crippen LogP contribution < -0.4 is 9.64 Å². The summed E-state index contributed by atoms with van der Waals surface area (Å²) in [5.74, 6) is -1.61. The quantitative estimate of drug-likeness (QED) is 0.216. The van der Waals surface area contributed by atoms with E-state index in [1.54, 1.807) is 24.3 Å². The van der Waals surface area contributed by atoms with E-state index in [1.165, 1.54) is 45.2 Å². The minimum Gasteiger partial charge on any atom is -0.427 e. The van der Waals surface area contributed by atoms with Gasteiger partial charge in [-0.3, -0.25) is 14.4 Å². The Kier molecular flexibility index (Phi) is 5.49. The third-order valence-electron chi connectivity index (χ3n) is 8.72. The molecule has 0 unspecified atom stereocenters. The number of ether oxygens (including phenoxy) is 1. The second-order valence-electron chi connectivity index (χ2n) is 13.3. The summed E-state index contributed by atoms with van der Waals surface area (Å²) in [6, 6.07) is 20.0. The molecule has 5 heteroatoms. The molecule has 0 radical (unpaired) electrons. The molecule has 5 nitrogen and oxygen atoms in total. The number of hydrogen-bond acceptors (Lipinski definition) is 4. The topological polar surface area (TPSA) is 63.7 Å². The molecule has 0 saturated carbocycles. The Morgan fingerprint density at radius 3 is 1.49 bits per heavy atom. The van der Waals surface area contributed by atoms with Crippen molar-refractivity contribution in [3.05, 3.63) is 94.0 Å². The second-order valence-corrected chi connectivity index (χ2v) is 13.3. The van der Waals surface area contributed by atoms with E-state index in [2.05, 4.69) is 77.9 Å². The first-order chi connectivity index (χ1) is 18.3. The molecular weight excluding hydrogens is 486 g/mol. The van der Waals surface area contributed by atoms with Gasteiger partial charge in [0, 0.05) is 18.8 Å². The molecule has 0 spiro atoms. The van der Waals surface area contributed by atoms with Gasteiger partial charge in [0.1, 0.15) is 5.75 Å². The number of rotatable bonds is 2. The first-order valence-corrected chi connectivity index (χ1v) is 13.7. The SMILES string of the molecule is CC(=O)Oc1ccc(N2C(=O)[C@@H]3[C@@H]4c5ccc(C(C)(C)C)cc5[C@H](c5ccc(C(C)(C)C)cc54)[C@H]3C2=O)cc1. The van der Waals surface area contributed by atoms with E-state index in [9.17, 15) is 14.4 Å². The highest BCUT2D eigenvalue weighted by molar-refractivity contribution is 6.23. The molecule has 4 aliphatic rings. The van der Waals surface area contributed by atoms with Crippen molar-refractivity contribution in [3.8, 4) is 5.75 Å². The standard InChI is InChI=1S/C34H35NO4/c1-18(36)39-22-12-10-21(11-13-22)35-31(37)29-27-24-15-9-20(34(5,6)7)17-26(24)28(30(29)32(35)38)23-14-8-19(16-25(23)27)33(2,3)4/h8-17,27-30H,1-7H3/t27-,28+,29-,30-/m1/s1. The number of imide groups is 1. The molecule has 0 aromatic heterocycles. The van der Waals surface area contributed by atoms with E-state index in [0.717, 1.165) is 0 Å². The molecule has 1 aliphatic heterocycles. The highest BCUT2D eigenvalue weighted by Gasteiger charge is 2.62. The van der Waals surface area contributed by atoms with Gasteiger partial charge in [-0.15, -0.1) is 0 Å². The van der Waals surface area contributed by atoms with Gasteiger partial charge in [-0.25, -0.2) is 4.90 Å². The average molecular weight is 522 g/mol. The second kappa shape index (κ2) is 8.38. The Hall–Kier alpha value is -3.73. The van der Waals surface area contributed by atoms with Gasteiger partial charge in [0.05, 0.1) is 17.5 Å². The molecule has 3 aliphatic carbocycles. The van der Waals surface area contributed by atoms with Gasteiger partial charge in [-0.2, -0.15) is 0 Å². The van der Waals surface area contributed by atoms with Gasteiger partial charge in [0.2, 0.25) is 11.8 Å². The lowest BCUT2D eigenvalue weighted by Gasteiger charge is -2.47. The molecule has 4 atom stereocenters. The van der Waals surface area contributed by atoms with Crippen molar-refractivity contribution in [3.63, 3.8) is 0 Å². The van der Waals surface area contributed by atoms with Crippen molar-refractivity contribution in [2.75, 3.05) is 4.90 Å². The highest BCUT2D eigenvalue weighted by Crippen LogP contribution is 2.62. The minimum absolute atomic E-state index is 0.0325. The van der Waals surface area contributed by atoms with Crippen LogP contribution in [0, 0.1) is 11.8 Å².